The van der Waals surface area contributed by atoms with Crippen LogP contribution in [-0.4, -0.2) is 96.7 Å². The van der Waals surface area contributed by atoms with Gasteiger partial charge in [-0.2, -0.15) is 0 Å². The van der Waals surface area contributed by atoms with Crippen molar-refractivity contribution in [2.45, 2.75) is 471 Å². The van der Waals surface area contributed by atoms with Crippen molar-refractivity contribution in [3.05, 3.63) is 0 Å². The van der Waals surface area contributed by atoms with Crippen molar-refractivity contribution in [2.24, 2.45) is 17.8 Å². The Labute approximate surface area is 645 Å². The molecule has 0 aromatic carbocycles. The fraction of sp³-hybridized carbons (Fsp3) is 0.953. The van der Waals surface area contributed by atoms with Gasteiger partial charge in [-0.05, 0) is 43.4 Å². The highest BCUT2D eigenvalue weighted by atomic mass is 31.2. The first-order chi connectivity index (χ1) is 50.8. The van der Waals surface area contributed by atoms with E-state index in [2.05, 4.69) is 48.5 Å². The number of ether oxygens (including phenoxy) is 4. The van der Waals surface area contributed by atoms with Gasteiger partial charge in [0.2, 0.25) is 0 Å². The van der Waals surface area contributed by atoms with Crippen LogP contribution in [0.4, 0.5) is 0 Å². The molecule has 7 atom stereocenters. The smallest absolute Gasteiger partial charge is 0.462 e. The molecule has 0 spiro atoms. The van der Waals surface area contributed by atoms with Crippen LogP contribution in [-0.2, 0) is 65.4 Å². The molecule has 0 amide bonds. The molecule has 0 aliphatic carbocycles. The van der Waals surface area contributed by atoms with E-state index >= 15 is 0 Å². The maximum Gasteiger partial charge on any atom is 0.472 e. The van der Waals surface area contributed by atoms with Gasteiger partial charge in [-0.25, -0.2) is 9.13 Å². The fourth-order valence-corrected chi connectivity index (χ4v) is 14.9. The number of unbranched alkanes of at least 4 members (excludes halogenated alkanes) is 50. The Hall–Kier alpha value is -1.94. The van der Waals surface area contributed by atoms with Gasteiger partial charge in [0.15, 0.2) is 12.2 Å². The zero-order chi connectivity index (χ0) is 77.2. The summed E-state index contributed by atoms with van der Waals surface area (Å²) in [5, 5.41) is 10.7. The Morgan fingerprint density at radius 1 is 0.276 bits per heavy atom. The number of hydrogen-bond donors (Lipinski definition) is 3. The van der Waals surface area contributed by atoms with E-state index in [0.717, 1.165) is 108 Å². The standard InChI is InChI=1S/C86H168O17P2/c1-8-11-12-13-14-15-16-35-41-46-55-62-69-85(90)103-82(74-97-84(89)68-61-54-49-48-50-57-64-77(4)5)76-101-105(94,95)99-72-80(87)71-98-104(92,93)100-75-81(102-86(91)70-63-56-47-42-37-32-28-24-20-18-22-26-30-34-39-44-52-59-66-79(7)10-3)73-96-83(88)67-60-53-45-40-36-31-27-23-19-17-21-25-29-33-38-43-51-58-65-78(6)9-2/h77-82,87H,8-76H2,1-7H3,(H,92,93)(H,94,95)/t78?,79?,80-,81-,82-/m1/s1. The second kappa shape index (κ2) is 76.1. The molecule has 0 bridgehead atoms. The summed E-state index contributed by atoms with van der Waals surface area (Å²) in [5.41, 5.74) is 0. The Bertz CT molecular complexity index is 2030. The van der Waals surface area contributed by atoms with E-state index in [0.29, 0.717) is 31.6 Å². The van der Waals surface area contributed by atoms with E-state index in [4.69, 9.17) is 37.0 Å². The van der Waals surface area contributed by atoms with Gasteiger partial charge in [0.1, 0.15) is 19.3 Å². The lowest BCUT2D eigenvalue weighted by Gasteiger charge is -2.21. The topological polar surface area (TPSA) is 237 Å². The van der Waals surface area contributed by atoms with E-state index in [1.165, 1.54) is 257 Å². The van der Waals surface area contributed by atoms with Crippen molar-refractivity contribution in [1.29, 1.82) is 0 Å². The summed E-state index contributed by atoms with van der Waals surface area (Å²) in [7, 11) is -9.92. The van der Waals surface area contributed by atoms with E-state index in [9.17, 15) is 43.2 Å². The minimum Gasteiger partial charge on any atom is -0.462 e. The fourth-order valence-electron chi connectivity index (χ4n) is 13.3. The van der Waals surface area contributed by atoms with E-state index in [-0.39, 0.29) is 25.7 Å². The average molecular weight is 1540 g/mol. The number of hydrogen-bond acceptors (Lipinski definition) is 15. The zero-order valence-electron chi connectivity index (χ0n) is 69.2. The molecule has 3 N–H and O–H groups in total. The van der Waals surface area contributed by atoms with Gasteiger partial charge in [-0.1, -0.05) is 402 Å². The molecule has 0 saturated carbocycles. The van der Waals surface area contributed by atoms with Crippen LogP contribution in [0.5, 0.6) is 0 Å². The first kappa shape index (κ1) is 103. The number of phosphoric acid groups is 2. The minimum atomic E-state index is -4.97. The molecular weight excluding hydrogens is 1370 g/mol. The van der Waals surface area contributed by atoms with Crippen LogP contribution >= 0.6 is 15.6 Å². The number of aliphatic hydroxyl groups excluding tert-OH is 1. The van der Waals surface area contributed by atoms with Gasteiger partial charge in [0.05, 0.1) is 26.4 Å². The Morgan fingerprint density at radius 2 is 0.486 bits per heavy atom. The molecule has 0 fully saturated rings. The maximum atomic E-state index is 13.1. The summed E-state index contributed by atoms with van der Waals surface area (Å²) in [6.07, 6.45) is 66.9. The van der Waals surface area contributed by atoms with Crippen LogP contribution in [0.2, 0.25) is 0 Å². The molecule has 0 aliphatic heterocycles. The Kier molecular flexibility index (Phi) is 74.7. The summed E-state index contributed by atoms with van der Waals surface area (Å²) < 4.78 is 68.8. The van der Waals surface area contributed by atoms with Gasteiger partial charge >= 0.3 is 39.5 Å². The van der Waals surface area contributed by atoms with E-state index < -0.39 is 97.5 Å². The van der Waals surface area contributed by atoms with Crippen molar-refractivity contribution in [2.75, 3.05) is 39.6 Å². The van der Waals surface area contributed by atoms with Crippen molar-refractivity contribution in [3.63, 3.8) is 0 Å². The van der Waals surface area contributed by atoms with Crippen LogP contribution in [0.15, 0.2) is 0 Å². The molecule has 0 saturated heterocycles. The molecule has 17 nitrogen and oxygen atoms in total. The number of aliphatic hydroxyl groups is 1. The summed E-state index contributed by atoms with van der Waals surface area (Å²) >= 11 is 0. The monoisotopic (exact) mass is 1540 g/mol. The van der Waals surface area contributed by atoms with Crippen molar-refractivity contribution < 1.29 is 80.2 Å². The first-order valence-electron chi connectivity index (χ1n) is 44.4. The molecule has 0 heterocycles. The molecule has 0 aromatic rings. The van der Waals surface area contributed by atoms with Crippen molar-refractivity contribution >= 4 is 39.5 Å². The van der Waals surface area contributed by atoms with Crippen LogP contribution in [0, 0.1) is 17.8 Å². The number of phosphoric ester groups is 2. The minimum absolute atomic E-state index is 0.106. The average Bonchev–Trinajstić information content (AvgIpc) is 0.923. The normalized spacial score (nSPS) is 14.4. The van der Waals surface area contributed by atoms with Gasteiger partial charge in [-0.3, -0.25) is 37.3 Å². The van der Waals surface area contributed by atoms with Crippen LogP contribution in [0.1, 0.15) is 453 Å². The summed E-state index contributed by atoms with van der Waals surface area (Å²) in [6, 6.07) is 0. The van der Waals surface area contributed by atoms with Crippen LogP contribution < -0.4 is 0 Å². The lowest BCUT2D eigenvalue weighted by atomic mass is 9.99. The van der Waals surface area contributed by atoms with Gasteiger partial charge in [0, 0.05) is 25.7 Å². The molecule has 19 heteroatoms. The summed E-state index contributed by atoms with van der Waals surface area (Å²) in [6.45, 7) is 12.0. The number of carbonyl (C=O) groups excluding carboxylic acids is 4. The lowest BCUT2D eigenvalue weighted by Crippen LogP contribution is -2.30. The summed E-state index contributed by atoms with van der Waals surface area (Å²) in [4.78, 5) is 73.1. The molecule has 105 heavy (non-hydrogen) atoms. The van der Waals surface area contributed by atoms with Gasteiger partial charge in [-0.15, -0.1) is 0 Å². The Balaban J connectivity index is 5.18. The number of rotatable bonds is 84. The summed E-state index contributed by atoms with van der Waals surface area (Å²) in [5.74, 6) is 0.317. The molecule has 4 unspecified atom stereocenters. The zero-order valence-corrected chi connectivity index (χ0v) is 71.0. The highest BCUT2D eigenvalue weighted by molar-refractivity contribution is 7.47. The van der Waals surface area contributed by atoms with Crippen LogP contribution in [0.25, 0.3) is 0 Å². The lowest BCUT2D eigenvalue weighted by molar-refractivity contribution is -0.161. The third-order valence-electron chi connectivity index (χ3n) is 20.9. The molecule has 0 aliphatic rings. The highest BCUT2D eigenvalue weighted by Crippen LogP contribution is 2.45. The molecule has 0 rings (SSSR count). The Morgan fingerprint density at radius 3 is 0.724 bits per heavy atom. The molecule has 0 aromatic heterocycles. The second-order valence-electron chi connectivity index (χ2n) is 31.9. The van der Waals surface area contributed by atoms with E-state index in [1.807, 2.05) is 0 Å². The number of esters is 4. The molecule has 624 valence electrons. The first-order valence-corrected chi connectivity index (χ1v) is 47.4. The molecule has 0 radical (unpaired) electrons. The predicted molar refractivity (Wildman–Crippen MR) is 432 cm³/mol. The quantitative estimate of drug-likeness (QED) is 0.0222. The SMILES string of the molecule is CCCCCCCCCCCCCCC(=O)O[C@H](COC(=O)CCCCCCCCC(C)C)COP(=O)(O)OC[C@H](O)COP(=O)(O)OC[C@@H](COC(=O)CCCCCCCCCCCCCCCCCCCCC(C)CC)OC(=O)CCCCCCCCCCCCCCCCCCCCC(C)CC. The third-order valence-corrected chi connectivity index (χ3v) is 22.8. The van der Waals surface area contributed by atoms with Crippen molar-refractivity contribution in [1.82, 2.24) is 0 Å². The van der Waals surface area contributed by atoms with Gasteiger partial charge in [0.25, 0.3) is 0 Å². The predicted octanol–water partition coefficient (Wildman–Crippen LogP) is 26.1. The second-order valence-corrected chi connectivity index (χ2v) is 34.8. The van der Waals surface area contributed by atoms with Gasteiger partial charge < -0.3 is 33.8 Å². The highest BCUT2D eigenvalue weighted by Gasteiger charge is 2.30. The van der Waals surface area contributed by atoms with Crippen molar-refractivity contribution in [3.8, 4) is 0 Å². The largest absolute Gasteiger partial charge is 0.472 e. The van der Waals surface area contributed by atoms with Crippen LogP contribution in [0.3, 0.4) is 0 Å². The van der Waals surface area contributed by atoms with E-state index in [1.54, 1.807) is 0 Å². The number of carbonyl (C=O) groups is 4. The third kappa shape index (κ3) is 77.2. The molecular formula is C86H168O17P2. The maximum absolute atomic E-state index is 13.1.